The largest absolute Gasteiger partial charge is 0.478 e. The minimum atomic E-state index is -1.01. The second-order valence-electron chi connectivity index (χ2n) is 4.54. The summed E-state index contributed by atoms with van der Waals surface area (Å²) in [6.07, 6.45) is 1.76. The lowest BCUT2D eigenvalue weighted by Gasteiger charge is -2.19. The molecule has 1 aromatic carbocycles. The minimum absolute atomic E-state index is 0.179. The third kappa shape index (κ3) is 3.47. The Kier molecular flexibility index (Phi) is 4.92. The molecule has 4 N–H and O–H groups in total. The maximum Gasteiger partial charge on any atom is 0.336 e. The first-order valence-electron chi connectivity index (χ1n) is 6.34. The number of primary amides is 1. The Bertz CT molecular complexity index is 494. The molecule has 0 saturated heterocycles. The van der Waals surface area contributed by atoms with Crippen molar-refractivity contribution in [1.29, 1.82) is 0 Å². The lowest BCUT2D eigenvalue weighted by molar-refractivity contribution is 0.0695. The monoisotopic (exact) mass is 264 g/mol. The predicted molar refractivity (Wildman–Crippen MR) is 74.6 cm³/mol. The molecule has 1 amide bonds. The van der Waals surface area contributed by atoms with E-state index < -0.39 is 11.9 Å². The molecule has 0 spiro atoms. The summed E-state index contributed by atoms with van der Waals surface area (Å²) in [6.45, 7) is 5.70. The average molecular weight is 264 g/mol. The van der Waals surface area contributed by atoms with Crippen molar-refractivity contribution in [2.24, 2.45) is 5.73 Å². The normalized spacial score (nSPS) is 10.5. The molecule has 0 atom stereocenters. The van der Waals surface area contributed by atoms with E-state index in [2.05, 4.69) is 5.32 Å². The molecule has 0 aliphatic rings. The summed E-state index contributed by atoms with van der Waals surface area (Å²) in [6, 6.07) is 3.19. The Morgan fingerprint density at radius 3 is 2.26 bits per heavy atom. The second kappa shape index (κ2) is 6.22. The molecule has 0 saturated carbocycles. The van der Waals surface area contributed by atoms with Crippen LogP contribution in [-0.4, -0.2) is 23.0 Å². The Labute approximate surface area is 112 Å². The number of hydrogen-bond donors (Lipinski definition) is 3. The first-order valence-corrected chi connectivity index (χ1v) is 6.34. The van der Waals surface area contributed by atoms with E-state index in [0.29, 0.717) is 16.8 Å². The van der Waals surface area contributed by atoms with Gasteiger partial charge in [-0.1, -0.05) is 13.8 Å². The van der Waals surface area contributed by atoms with Crippen molar-refractivity contribution in [3.63, 3.8) is 0 Å². The van der Waals surface area contributed by atoms with Crippen LogP contribution in [0.15, 0.2) is 12.1 Å². The van der Waals surface area contributed by atoms with Crippen molar-refractivity contribution in [3.8, 4) is 0 Å². The van der Waals surface area contributed by atoms with Gasteiger partial charge in [-0.3, -0.25) is 4.79 Å². The van der Waals surface area contributed by atoms with Gasteiger partial charge in [0.25, 0.3) is 5.91 Å². The van der Waals surface area contributed by atoms with Gasteiger partial charge >= 0.3 is 5.97 Å². The summed E-state index contributed by atoms with van der Waals surface area (Å²) in [5, 5.41) is 12.3. The number of carbonyl (C=O) groups excluding carboxylic acids is 1. The van der Waals surface area contributed by atoms with E-state index in [1.807, 2.05) is 13.8 Å². The summed E-state index contributed by atoms with van der Waals surface area (Å²) >= 11 is 0. The predicted octanol–water partition coefficient (Wildman–Crippen LogP) is 2.39. The van der Waals surface area contributed by atoms with Crippen LogP contribution in [0.4, 0.5) is 5.69 Å². The van der Waals surface area contributed by atoms with Crippen LogP contribution < -0.4 is 11.1 Å². The zero-order valence-electron chi connectivity index (χ0n) is 11.5. The molecular formula is C14H20N2O3. The van der Waals surface area contributed by atoms with Crippen molar-refractivity contribution >= 4 is 17.6 Å². The number of nitrogens with one attached hydrogen (secondary N) is 1. The van der Waals surface area contributed by atoms with E-state index in [4.69, 9.17) is 10.8 Å². The van der Waals surface area contributed by atoms with Crippen LogP contribution in [0.1, 0.15) is 53.0 Å². The highest BCUT2D eigenvalue weighted by Gasteiger charge is 2.17. The van der Waals surface area contributed by atoms with Crippen molar-refractivity contribution < 1.29 is 14.7 Å². The van der Waals surface area contributed by atoms with Gasteiger partial charge in [-0.2, -0.15) is 0 Å². The molecule has 5 heteroatoms. The zero-order chi connectivity index (χ0) is 14.6. The number of hydrogen-bond acceptors (Lipinski definition) is 3. The molecule has 0 fully saturated rings. The number of amides is 1. The molecule has 0 aliphatic carbocycles. The number of anilines is 1. The summed E-state index contributed by atoms with van der Waals surface area (Å²) in [7, 11) is 0. The number of aryl methyl sites for hydroxylation is 1. The molecule has 104 valence electrons. The van der Waals surface area contributed by atoms with Crippen LogP contribution in [-0.2, 0) is 0 Å². The van der Waals surface area contributed by atoms with Crippen LogP contribution in [0.3, 0.4) is 0 Å². The number of aromatic carboxylic acids is 1. The van der Waals surface area contributed by atoms with Gasteiger partial charge in [0.1, 0.15) is 0 Å². The van der Waals surface area contributed by atoms with Gasteiger partial charge in [0.2, 0.25) is 0 Å². The highest BCUT2D eigenvalue weighted by molar-refractivity contribution is 6.01. The lowest BCUT2D eigenvalue weighted by Crippen LogP contribution is -2.22. The van der Waals surface area contributed by atoms with E-state index >= 15 is 0 Å². The standard InChI is InChI=1S/C14H20N2O3/c1-4-9(5-2)16-12-7-10(14(18)19)8(3)6-11(12)13(15)17/h6-7,9,16H,4-5H2,1-3H3,(H2,15,17)(H,18,19). The van der Waals surface area contributed by atoms with Gasteiger partial charge in [-0.15, -0.1) is 0 Å². The Balaban J connectivity index is 3.29. The highest BCUT2D eigenvalue weighted by atomic mass is 16.4. The van der Waals surface area contributed by atoms with Gasteiger partial charge in [0.05, 0.1) is 11.1 Å². The molecule has 5 nitrogen and oxygen atoms in total. The molecule has 19 heavy (non-hydrogen) atoms. The fourth-order valence-electron chi connectivity index (χ4n) is 1.97. The Morgan fingerprint density at radius 2 is 1.84 bits per heavy atom. The lowest BCUT2D eigenvalue weighted by atomic mass is 10.0. The van der Waals surface area contributed by atoms with Crippen LogP contribution in [0.25, 0.3) is 0 Å². The second-order valence-corrected chi connectivity index (χ2v) is 4.54. The van der Waals surface area contributed by atoms with Gasteiger partial charge < -0.3 is 16.2 Å². The third-order valence-corrected chi connectivity index (χ3v) is 3.21. The molecule has 0 unspecified atom stereocenters. The number of carboxylic acids is 1. The van der Waals surface area contributed by atoms with Crippen LogP contribution in [0.2, 0.25) is 0 Å². The first kappa shape index (κ1) is 15.0. The number of benzene rings is 1. The number of carbonyl (C=O) groups is 2. The summed E-state index contributed by atoms with van der Waals surface area (Å²) in [4.78, 5) is 22.6. The number of rotatable bonds is 6. The molecule has 1 aromatic rings. The molecule has 0 bridgehead atoms. The van der Waals surface area contributed by atoms with E-state index in [0.717, 1.165) is 12.8 Å². The fraction of sp³-hybridized carbons (Fsp3) is 0.429. The van der Waals surface area contributed by atoms with Gasteiger partial charge in [-0.05, 0) is 37.5 Å². The van der Waals surface area contributed by atoms with Crippen molar-refractivity contribution in [3.05, 3.63) is 28.8 Å². The molecular weight excluding hydrogens is 244 g/mol. The maximum atomic E-state index is 11.4. The van der Waals surface area contributed by atoms with Gasteiger partial charge in [-0.25, -0.2) is 4.79 Å². The summed E-state index contributed by atoms with van der Waals surface area (Å²) < 4.78 is 0. The van der Waals surface area contributed by atoms with E-state index in [1.165, 1.54) is 12.1 Å². The SMILES string of the molecule is CCC(CC)Nc1cc(C(=O)O)c(C)cc1C(N)=O. The first-order chi connectivity index (χ1) is 8.90. The van der Waals surface area contributed by atoms with Crippen molar-refractivity contribution in [1.82, 2.24) is 0 Å². The topological polar surface area (TPSA) is 92.4 Å². The summed E-state index contributed by atoms with van der Waals surface area (Å²) in [5.74, 6) is -1.57. The van der Waals surface area contributed by atoms with Gasteiger partial charge in [0.15, 0.2) is 0 Å². The van der Waals surface area contributed by atoms with Crippen LogP contribution >= 0.6 is 0 Å². The fourth-order valence-corrected chi connectivity index (χ4v) is 1.97. The van der Waals surface area contributed by atoms with Crippen LogP contribution in [0.5, 0.6) is 0 Å². The highest BCUT2D eigenvalue weighted by Crippen LogP contribution is 2.23. The van der Waals surface area contributed by atoms with Crippen molar-refractivity contribution in [2.75, 3.05) is 5.32 Å². The van der Waals surface area contributed by atoms with Crippen molar-refractivity contribution in [2.45, 2.75) is 39.7 Å². The van der Waals surface area contributed by atoms with E-state index in [-0.39, 0.29) is 11.6 Å². The van der Waals surface area contributed by atoms with Gasteiger partial charge in [0, 0.05) is 11.7 Å². The third-order valence-electron chi connectivity index (χ3n) is 3.21. The zero-order valence-corrected chi connectivity index (χ0v) is 11.5. The van der Waals surface area contributed by atoms with E-state index in [9.17, 15) is 9.59 Å². The molecule has 0 aromatic heterocycles. The minimum Gasteiger partial charge on any atom is -0.478 e. The summed E-state index contributed by atoms with van der Waals surface area (Å²) in [5.41, 5.74) is 6.86. The molecule has 1 rings (SSSR count). The smallest absolute Gasteiger partial charge is 0.336 e. The number of carboxylic acid groups (broad SMARTS) is 1. The maximum absolute atomic E-state index is 11.4. The average Bonchev–Trinajstić information content (AvgIpc) is 2.36. The molecule has 0 radical (unpaired) electrons. The number of nitrogens with two attached hydrogens (primary N) is 1. The van der Waals surface area contributed by atoms with Crippen LogP contribution in [0, 0.1) is 6.92 Å². The Hall–Kier alpha value is -2.04. The molecule has 0 heterocycles. The Morgan fingerprint density at radius 1 is 1.26 bits per heavy atom. The molecule has 0 aliphatic heterocycles. The van der Waals surface area contributed by atoms with E-state index in [1.54, 1.807) is 6.92 Å². The quantitative estimate of drug-likeness (QED) is 0.735.